The van der Waals surface area contributed by atoms with Gasteiger partial charge in [-0.3, -0.25) is 0 Å². The van der Waals surface area contributed by atoms with Crippen molar-refractivity contribution in [1.82, 2.24) is 0 Å². The van der Waals surface area contributed by atoms with Crippen LogP contribution in [0.4, 0.5) is 0 Å². The van der Waals surface area contributed by atoms with Crippen LogP contribution < -0.4 is 0 Å². The zero-order valence-corrected chi connectivity index (χ0v) is 8.89. The first kappa shape index (κ1) is 11.4. The molecule has 0 rings (SSSR count). The maximum atomic E-state index is 4.80. The first-order valence-corrected chi connectivity index (χ1v) is 4.90. The molecule has 0 aliphatic heterocycles. The van der Waals surface area contributed by atoms with Crippen LogP contribution in [0.2, 0.25) is 0 Å². The summed E-state index contributed by atoms with van der Waals surface area (Å²) in [6.45, 7) is 5.08. The fourth-order valence-corrected chi connectivity index (χ4v) is 1.13. The van der Waals surface area contributed by atoms with Crippen LogP contribution in [0.25, 0.3) is 0 Å². The van der Waals surface area contributed by atoms with Crippen molar-refractivity contribution in [2.45, 2.75) is 39.5 Å². The maximum absolute atomic E-state index is 4.80. The monoisotopic (exact) mass is 224 g/mol. The van der Waals surface area contributed by atoms with Crippen LogP contribution in [0.1, 0.15) is 39.5 Å². The molecular formula is C8H17BrO2. The Morgan fingerprint density at radius 1 is 1.36 bits per heavy atom. The summed E-state index contributed by atoms with van der Waals surface area (Å²) in [7, 11) is 0. The highest BCUT2D eigenvalue weighted by atomic mass is 79.9. The Labute approximate surface area is 77.6 Å². The fraction of sp³-hybridized carbons (Fsp3) is 1.00. The molecule has 1 unspecified atom stereocenters. The first-order valence-electron chi connectivity index (χ1n) is 4.25. The van der Waals surface area contributed by atoms with Crippen LogP contribution >= 0.6 is 16.3 Å². The van der Waals surface area contributed by atoms with Gasteiger partial charge in [0.2, 0.25) is 0 Å². The molecule has 11 heavy (non-hydrogen) atoms. The molecule has 1 atom stereocenters. The van der Waals surface area contributed by atoms with Crippen molar-refractivity contribution in [2.75, 3.05) is 6.61 Å². The molecule has 0 radical (unpaired) electrons. The smallest absolute Gasteiger partial charge is 0.142 e. The van der Waals surface area contributed by atoms with E-state index in [4.69, 9.17) is 4.89 Å². The Hall–Kier alpha value is 0.400. The van der Waals surface area contributed by atoms with Crippen LogP contribution in [-0.4, -0.2) is 6.61 Å². The predicted octanol–water partition coefficient (Wildman–Crippen LogP) is 3.46. The van der Waals surface area contributed by atoms with Gasteiger partial charge in [-0.05, 0) is 12.3 Å². The van der Waals surface area contributed by atoms with Gasteiger partial charge < -0.3 is 0 Å². The second kappa shape index (κ2) is 8.50. The Kier molecular flexibility index (Phi) is 8.81. The highest BCUT2D eigenvalue weighted by molar-refractivity contribution is 9.05. The molecule has 0 aromatic carbocycles. The van der Waals surface area contributed by atoms with Gasteiger partial charge in [0.15, 0.2) is 0 Å². The summed E-state index contributed by atoms with van der Waals surface area (Å²) in [6.07, 6.45) is 4.94. The largest absolute Gasteiger partial charge is 0.224 e. The zero-order valence-electron chi connectivity index (χ0n) is 7.31. The van der Waals surface area contributed by atoms with Crippen molar-refractivity contribution in [1.29, 1.82) is 0 Å². The van der Waals surface area contributed by atoms with E-state index in [1.165, 1.54) is 19.3 Å². The molecule has 0 heterocycles. The van der Waals surface area contributed by atoms with Gasteiger partial charge >= 0.3 is 0 Å². The highest BCUT2D eigenvalue weighted by Crippen LogP contribution is 2.13. The number of hydrogen-bond donors (Lipinski definition) is 0. The lowest BCUT2D eigenvalue weighted by Gasteiger charge is -2.11. The Morgan fingerprint density at radius 3 is 2.55 bits per heavy atom. The van der Waals surface area contributed by atoms with E-state index < -0.39 is 0 Å². The number of hydrogen-bond acceptors (Lipinski definition) is 2. The molecule has 0 aliphatic rings. The topological polar surface area (TPSA) is 18.5 Å². The van der Waals surface area contributed by atoms with Gasteiger partial charge in [-0.1, -0.05) is 33.1 Å². The predicted molar refractivity (Wildman–Crippen MR) is 49.3 cm³/mol. The SMILES string of the molecule is CCCCC(CC)COOBr. The Bertz CT molecular complexity index is 70.5. The molecule has 0 fully saturated rings. The normalized spacial score (nSPS) is 13.4. The minimum Gasteiger partial charge on any atom is -0.224 e. The minimum absolute atomic E-state index is 0.646. The van der Waals surface area contributed by atoms with E-state index >= 15 is 0 Å². The van der Waals surface area contributed by atoms with Gasteiger partial charge in [0, 0.05) is 0 Å². The number of halogens is 1. The van der Waals surface area contributed by atoms with E-state index in [-0.39, 0.29) is 0 Å². The molecule has 0 saturated heterocycles. The van der Waals surface area contributed by atoms with Crippen molar-refractivity contribution in [3.63, 3.8) is 0 Å². The quantitative estimate of drug-likeness (QED) is 0.488. The molecule has 0 spiro atoms. The second-order valence-electron chi connectivity index (χ2n) is 2.76. The maximum Gasteiger partial charge on any atom is 0.142 e. The summed E-state index contributed by atoms with van der Waals surface area (Å²) in [5.41, 5.74) is 0. The van der Waals surface area contributed by atoms with E-state index in [9.17, 15) is 0 Å². The van der Waals surface area contributed by atoms with Gasteiger partial charge in [0.1, 0.15) is 16.3 Å². The van der Waals surface area contributed by atoms with E-state index in [2.05, 4.69) is 34.1 Å². The van der Waals surface area contributed by atoms with Crippen molar-refractivity contribution < 1.29 is 8.87 Å². The Balaban J connectivity index is 3.25. The average molecular weight is 225 g/mol. The van der Waals surface area contributed by atoms with Crippen LogP contribution in [-0.2, 0) is 8.87 Å². The van der Waals surface area contributed by atoms with Crippen molar-refractivity contribution in [3.8, 4) is 0 Å². The molecule has 0 N–H and O–H groups in total. The molecule has 0 saturated carbocycles. The molecular weight excluding hydrogens is 208 g/mol. The third kappa shape index (κ3) is 6.78. The van der Waals surface area contributed by atoms with Gasteiger partial charge in [-0.15, -0.1) is 0 Å². The summed E-state index contributed by atoms with van der Waals surface area (Å²) in [6, 6.07) is 0. The summed E-state index contributed by atoms with van der Waals surface area (Å²) in [5, 5.41) is 0. The summed E-state index contributed by atoms with van der Waals surface area (Å²) in [5.74, 6) is 0.646. The van der Waals surface area contributed by atoms with Crippen LogP contribution in [0.15, 0.2) is 0 Å². The third-order valence-electron chi connectivity index (χ3n) is 1.89. The van der Waals surface area contributed by atoms with Gasteiger partial charge in [0.25, 0.3) is 0 Å². The molecule has 0 bridgehead atoms. The van der Waals surface area contributed by atoms with Crippen LogP contribution in [0.5, 0.6) is 0 Å². The molecule has 0 aromatic rings. The average Bonchev–Trinajstić information content (AvgIpc) is 2.05. The lowest BCUT2D eigenvalue weighted by atomic mass is 10.0. The number of unbranched alkanes of at least 4 members (excludes halogenated alkanes) is 1. The summed E-state index contributed by atoms with van der Waals surface area (Å²) >= 11 is 2.75. The molecule has 2 nitrogen and oxygen atoms in total. The molecule has 0 aromatic heterocycles. The fourth-order valence-electron chi connectivity index (χ4n) is 1.02. The van der Waals surface area contributed by atoms with Crippen molar-refractivity contribution >= 4 is 16.3 Å². The van der Waals surface area contributed by atoms with Crippen LogP contribution in [0, 0.1) is 5.92 Å². The molecule has 68 valence electrons. The van der Waals surface area contributed by atoms with Crippen molar-refractivity contribution in [2.24, 2.45) is 5.92 Å². The lowest BCUT2D eigenvalue weighted by Crippen LogP contribution is -2.07. The van der Waals surface area contributed by atoms with Crippen molar-refractivity contribution in [3.05, 3.63) is 0 Å². The summed E-state index contributed by atoms with van der Waals surface area (Å²) in [4.78, 5) is 4.80. The lowest BCUT2D eigenvalue weighted by molar-refractivity contribution is -0.192. The van der Waals surface area contributed by atoms with Crippen LogP contribution in [0.3, 0.4) is 0 Å². The van der Waals surface area contributed by atoms with Gasteiger partial charge in [0.05, 0.1) is 6.61 Å². The molecule has 0 amide bonds. The van der Waals surface area contributed by atoms with E-state index in [1.807, 2.05) is 0 Å². The number of rotatable bonds is 7. The van der Waals surface area contributed by atoms with E-state index in [0.717, 1.165) is 6.42 Å². The highest BCUT2D eigenvalue weighted by Gasteiger charge is 2.05. The Morgan fingerprint density at radius 2 is 2.09 bits per heavy atom. The van der Waals surface area contributed by atoms with E-state index in [0.29, 0.717) is 12.5 Å². The molecule has 0 aliphatic carbocycles. The third-order valence-corrected chi connectivity index (χ3v) is 2.08. The standard InChI is InChI=1S/C8H17BrO2/c1-3-5-6-8(4-2)7-10-11-9/h8H,3-7H2,1-2H3. The summed E-state index contributed by atoms with van der Waals surface area (Å²) < 4.78 is 4.37. The van der Waals surface area contributed by atoms with E-state index in [1.54, 1.807) is 0 Å². The molecule has 3 heteroatoms. The first-order chi connectivity index (χ1) is 5.35. The van der Waals surface area contributed by atoms with Gasteiger partial charge in [-0.2, -0.15) is 3.98 Å². The second-order valence-corrected chi connectivity index (χ2v) is 3.03. The zero-order chi connectivity index (χ0) is 8.53. The minimum atomic E-state index is 0.646. The van der Waals surface area contributed by atoms with Gasteiger partial charge in [-0.25, -0.2) is 4.89 Å².